The number of rotatable bonds is 5. The van der Waals surface area contributed by atoms with Crippen LogP contribution in [0.5, 0.6) is 0 Å². The van der Waals surface area contributed by atoms with E-state index in [0.717, 1.165) is 11.3 Å². The Hall–Kier alpha value is -2.70. The molecule has 0 aliphatic rings. The number of hydrogen-bond acceptors (Lipinski definition) is 4. The van der Waals surface area contributed by atoms with E-state index in [-0.39, 0.29) is 12.1 Å². The van der Waals surface area contributed by atoms with Gasteiger partial charge in [-0.25, -0.2) is 4.68 Å². The van der Waals surface area contributed by atoms with Gasteiger partial charge in [-0.3, -0.25) is 14.9 Å². The molecular formula is C14H15N3O4. The van der Waals surface area contributed by atoms with E-state index in [1.165, 1.54) is 10.7 Å². The van der Waals surface area contributed by atoms with Crippen molar-refractivity contribution >= 4 is 11.7 Å². The van der Waals surface area contributed by atoms with Gasteiger partial charge < -0.3 is 5.11 Å². The molecule has 0 unspecified atom stereocenters. The summed E-state index contributed by atoms with van der Waals surface area (Å²) >= 11 is 0. The first-order chi connectivity index (χ1) is 9.91. The molecular weight excluding hydrogens is 274 g/mol. The lowest BCUT2D eigenvalue weighted by atomic mass is 10.1. The predicted octanol–water partition coefficient (Wildman–Crippen LogP) is 2.41. The molecule has 1 aromatic carbocycles. The maximum Gasteiger partial charge on any atom is 0.303 e. The van der Waals surface area contributed by atoms with Crippen molar-refractivity contribution in [2.45, 2.75) is 26.7 Å². The maximum absolute atomic E-state index is 11.1. The summed E-state index contributed by atoms with van der Waals surface area (Å²) in [6, 6.07) is 6.34. The van der Waals surface area contributed by atoms with Crippen molar-refractivity contribution in [3.8, 4) is 5.69 Å². The van der Waals surface area contributed by atoms with Crippen LogP contribution < -0.4 is 0 Å². The average molecular weight is 289 g/mol. The molecule has 2 rings (SSSR count). The Morgan fingerprint density at radius 1 is 1.38 bits per heavy atom. The molecule has 1 aromatic heterocycles. The fourth-order valence-electron chi connectivity index (χ4n) is 2.30. The molecule has 21 heavy (non-hydrogen) atoms. The summed E-state index contributed by atoms with van der Waals surface area (Å²) in [6.45, 7) is 3.56. The van der Waals surface area contributed by atoms with Crippen LogP contribution in [-0.4, -0.2) is 25.8 Å². The number of para-hydroxylation sites is 2. The number of nitro groups is 1. The summed E-state index contributed by atoms with van der Waals surface area (Å²) in [5.74, 6) is -0.882. The van der Waals surface area contributed by atoms with Gasteiger partial charge in [0, 0.05) is 18.2 Å². The molecule has 110 valence electrons. The number of carboxylic acids is 1. The molecule has 0 atom stereocenters. The standard InChI is InChI=1S/C14H15N3O4/c1-9-11(7-8-14(18)19)10(2)16(15-9)12-5-3-4-6-13(12)17(20)21/h3-6H,7-8H2,1-2H3,(H,18,19). The second kappa shape index (κ2) is 5.74. The predicted molar refractivity (Wildman–Crippen MR) is 75.6 cm³/mol. The number of carbonyl (C=O) groups is 1. The lowest BCUT2D eigenvalue weighted by molar-refractivity contribution is -0.384. The van der Waals surface area contributed by atoms with E-state index in [0.29, 0.717) is 17.8 Å². The monoisotopic (exact) mass is 289 g/mol. The minimum Gasteiger partial charge on any atom is -0.481 e. The Morgan fingerprint density at radius 3 is 2.67 bits per heavy atom. The molecule has 0 bridgehead atoms. The Morgan fingerprint density at radius 2 is 2.05 bits per heavy atom. The molecule has 1 N–H and O–H groups in total. The topological polar surface area (TPSA) is 98.3 Å². The highest BCUT2D eigenvalue weighted by atomic mass is 16.6. The van der Waals surface area contributed by atoms with Crippen LogP contribution in [0.15, 0.2) is 24.3 Å². The zero-order valence-electron chi connectivity index (χ0n) is 11.7. The van der Waals surface area contributed by atoms with E-state index < -0.39 is 10.9 Å². The molecule has 0 amide bonds. The third kappa shape index (κ3) is 2.91. The number of benzene rings is 1. The van der Waals surface area contributed by atoms with Gasteiger partial charge in [0.05, 0.1) is 10.6 Å². The van der Waals surface area contributed by atoms with Crippen molar-refractivity contribution in [1.29, 1.82) is 0 Å². The highest BCUT2D eigenvalue weighted by Gasteiger charge is 2.20. The lowest BCUT2D eigenvalue weighted by Crippen LogP contribution is -2.04. The molecule has 0 saturated heterocycles. The lowest BCUT2D eigenvalue weighted by Gasteiger charge is -2.05. The van der Waals surface area contributed by atoms with Crippen molar-refractivity contribution in [3.05, 3.63) is 51.3 Å². The normalized spacial score (nSPS) is 10.6. The molecule has 0 spiro atoms. The fraction of sp³-hybridized carbons (Fsp3) is 0.286. The van der Waals surface area contributed by atoms with Crippen LogP contribution >= 0.6 is 0 Å². The van der Waals surface area contributed by atoms with Crippen LogP contribution in [0.25, 0.3) is 5.69 Å². The van der Waals surface area contributed by atoms with E-state index in [9.17, 15) is 14.9 Å². The number of aliphatic carboxylic acids is 1. The summed E-state index contributed by atoms with van der Waals surface area (Å²) in [7, 11) is 0. The second-order valence-corrected chi connectivity index (χ2v) is 4.70. The summed E-state index contributed by atoms with van der Waals surface area (Å²) < 4.78 is 1.50. The van der Waals surface area contributed by atoms with Crippen molar-refractivity contribution < 1.29 is 14.8 Å². The summed E-state index contributed by atoms with van der Waals surface area (Å²) in [4.78, 5) is 21.3. The first kappa shape index (κ1) is 14.7. The highest BCUT2D eigenvalue weighted by Crippen LogP contribution is 2.26. The molecule has 1 heterocycles. The van der Waals surface area contributed by atoms with E-state index in [4.69, 9.17) is 5.11 Å². The van der Waals surface area contributed by atoms with Gasteiger partial charge in [0.2, 0.25) is 0 Å². The van der Waals surface area contributed by atoms with E-state index in [1.54, 1.807) is 32.0 Å². The van der Waals surface area contributed by atoms with Crippen LogP contribution in [0.2, 0.25) is 0 Å². The molecule has 0 saturated carbocycles. The Kier molecular flexibility index (Phi) is 4.02. The molecule has 7 nitrogen and oxygen atoms in total. The number of aryl methyl sites for hydroxylation is 1. The third-order valence-electron chi connectivity index (χ3n) is 3.34. The number of hydrogen-bond donors (Lipinski definition) is 1. The van der Waals surface area contributed by atoms with Crippen molar-refractivity contribution in [1.82, 2.24) is 9.78 Å². The molecule has 2 aromatic rings. The minimum absolute atomic E-state index is 0.00422. The Balaban J connectivity index is 2.49. The number of carboxylic acid groups (broad SMARTS) is 1. The number of nitro benzene ring substituents is 1. The van der Waals surface area contributed by atoms with E-state index in [2.05, 4.69) is 5.10 Å². The van der Waals surface area contributed by atoms with E-state index in [1.807, 2.05) is 0 Å². The summed E-state index contributed by atoms with van der Waals surface area (Å²) in [5.41, 5.74) is 2.57. The van der Waals surface area contributed by atoms with Gasteiger partial charge in [0.15, 0.2) is 0 Å². The van der Waals surface area contributed by atoms with Gasteiger partial charge in [-0.1, -0.05) is 12.1 Å². The molecule has 0 aliphatic heterocycles. The average Bonchev–Trinajstić information content (AvgIpc) is 2.71. The number of aromatic nitrogens is 2. The smallest absolute Gasteiger partial charge is 0.303 e. The van der Waals surface area contributed by atoms with Crippen LogP contribution in [0, 0.1) is 24.0 Å². The third-order valence-corrected chi connectivity index (χ3v) is 3.34. The Labute approximate surface area is 121 Å². The SMILES string of the molecule is Cc1nn(-c2ccccc2[N+](=O)[O-])c(C)c1CCC(=O)O. The van der Waals surface area contributed by atoms with Gasteiger partial charge in [-0.2, -0.15) is 5.10 Å². The van der Waals surface area contributed by atoms with E-state index >= 15 is 0 Å². The first-order valence-electron chi connectivity index (χ1n) is 6.42. The van der Waals surface area contributed by atoms with Gasteiger partial charge in [-0.15, -0.1) is 0 Å². The first-order valence-corrected chi connectivity index (χ1v) is 6.42. The van der Waals surface area contributed by atoms with Gasteiger partial charge in [-0.05, 0) is 31.9 Å². The largest absolute Gasteiger partial charge is 0.481 e. The van der Waals surface area contributed by atoms with Crippen molar-refractivity contribution in [2.24, 2.45) is 0 Å². The highest BCUT2D eigenvalue weighted by molar-refractivity contribution is 5.67. The summed E-state index contributed by atoms with van der Waals surface area (Å²) in [6.07, 6.45) is 0.359. The van der Waals surface area contributed by atoms with Crippen molar-refractivity contribution in [2.75, 3.05) is 0 Å². The van der Waals surface area contributed by atoms with Crippen LogP contribution in [0.4, 0.5) is 5.69 Å². The van der Waals surface area contributed by atoms with Crippen LogP contribution in [-0.2, 0) is 11.2 Å². The van der Waals surface area contributed by atoms with Crippen molar-refractivity contribution in [3.63, 3.8) is 0 Å². The molecule has 0 radical (unpaired) electrons. The van der Waals surface area contributed by atoms with Gasteiger partial charge in [0.25, 0.3) is 5.69 Å². The molecule has 7 heteroatoms. The van der Waals surface area contributed by atoms with Gasteiger partial charge >= 0.3 is 5.97 Å². The zero-order valence-corrected chi connectivity index (χ0v) is 11.7. The quantitative estimate of drug-likeness (QED) is 0.673. The fourth-order valence-corrected chi connectivity index (χ4v) is 2.30. The second-order valence-electron chi connectivity index (χ2n) is 4.70. The van der Waals surface area contributed by atoms with Crippen LogP contribution in [0.1, 0.15) is 23.4 Å². The van der Waals surface area contributed by atoms with Crippen LogP contribution in [0.3, 0.4) is 0 Å². The Bertz CT molecular complexity index is 706. The molecule has 0 fully saturated rings. The zero-order chi connectivity index (χ0) is 15.6. The maximum atomic E-state index is 11.1. The number of nitrogens with zero attached hydrogens (tertiary/aromatic N) is 3. The molecule has 0 aliphatic carbocycles. The van der Waals surface area contributed by atoms with Gasteiger partial charge in [0.1, 0.15) is 5.69 Å². The summed E-state index contributed by atoms with van der Waals surface area (Å²) in [5, 5.41) is 24.2. The minimum atomic E-state index is -0.882.